The smallest absolute Gasteiger partial charge is 0.264 e. The van der Waals surface area contributed by atoms with Gasteiger partial charge >= 0.3 is 0 Å². The quantitative estimate of drug-likeness (QED) is 0.766. The lowest BCUT2D eigenvalue weighted by atomic mass is 10.0. The van der Waals surface area contributed by atoms with E-state index in [0.717, 1.165) is 5.56 Å². The van der Waals surface area contributed by atoms with Crippen molar-refractivity contribution < 1.29 is 8.78 Å². The second kappa shape index (κ2) is 3.65. The topological polar surface area (TPSA) is 12.0 Å². The molecule has 1 nitrogen and oxygen atoms in total. The van der Waals surface area contributed by atoms with Gasteiger partial charge in [-0.2, -0.15) is 0 Å². The number of hydrogen-bond donors (Lipinski definition) is 1. The van der Waals surface area contributed by atoms with Crippen molar-refractivity contribution in [3.05, 3.63) is 35.9 Å². The maximum Gasteiger partial charge on any atom is 0.264 e. The van der Waals surface area contributed by atoms with Crippen LogP contribution in [0.4, 0.5) is 8.78 Å². The van der Waals surface area contributed by atoms with Gasteiger partial charge in [-0.15, -0.1) is 0 Å². The fourth-order valence-corrected chi connectivity index (χ4v) is 1.81. The van der Waals surface area contributed by atoms with E-state index in [2.05, 4.69) is 5.32 Å². The molecule has 0 amide bonds. The maximum absolute atomic E-state index is 13.2. The molecule has 1 saturated heterocycles. The van der Waals surface area contributed by atoms with Crippen molar-refractivity contribution in [3.63, 3.8) is 0 Å². The summed E-state index contributed by atoms with van der Waals surface area (Å²) < 4.78 is 26.5. The van der Waals surface area contributed by atoms with E-state index >= 15 is 0 Å². The zero-order valence-electron chi connectivity index (χ0n) is 7.84. The van der Waals surface area contributed by atoms with E-state index < -0.39 is 12.0 Å². The Morgan fingerprint density at radius 1 is 1.29 bits per heavy atom. The van der Waals surface area contributed by atoms with Crippen molar-refractivity contribution in [3.8, 4) is 0 Å². The summed E-state index contributed by atoms with van der Waals surface area (Å²) in [5.74, 6) is -2.55. The zero-order valence-corrected chi connectivity index (χ0v) is 7.84. The number of halogens is 2. The van der Waals surface area contributed by atoms with Gasteiger partial charge in [0, 0.05) is 13.0 Å². The van der Waals surface area contributed by atoms with Crippen LogP contribution >= 0.6 is 0 Å². The standard InChI is InChI=1S/C11H13F2N/c12-11(13)6-7-14-10(11)8-9-4-2-1-3-5-9/h1-5,10,14H,6-8H2. The van der Waals surface area contributed by atoms with E-state index in [1.165, 1.54) is 0 Å². The first-order valence-corrected chi connectivity index (χ1v) is 4.83. The van der Waals surface area contributed by atoms with E-state index in [9.17, 15) is 8.78 Å². The lowest BCUT2D eigenvalue weighted by Gasteiger charge is -2.18. The average Bonchev–Trinajstić information content (AvgIpc) is 2.48. The van der Waals surface area contributed by atoms with Crippen LogP contribution in [0.1, 0.15) is 12.0 Å². The fraction of sp³-hybridized carbons (Fsp3) is 0.455. The Labute approximate surface area is 82.1 Å². The van der Waals surface area contributed by atoms with Gasteiger partial charge in [-0.25, -0.2) is 8.78 Å². The summed E-state index contributed by atoms with van der Waals surface area (Å²) in [6, 6.07) is 8.73. The van der Waals surface area contributed by atoms with Crippen LogP contribution in [0.15, 0.2) is 30.3 Å². The molecule has 1 atom stereocenters. The van der Waals surface area contributed by atoms with Gasteiger partial charge in [0.05, 0.1) is 6.04 Å². The van der Waals surface area contributed by atoms with Crippen LogP contribution in [0.25, 0.3) is 0 Å². The third kappa shape index (κ3) is 1.93. The van der Waals surface area contributed by atoms with E-state index in [0.29, 0.717) is 13.0 Å². The Kier molecular flexibility index (Phi) is 2.50. The van der Waals surface area contributed by atoms with E-state index in [4.69, 9.17) is 0 Å². The zero-order chi connectivity index (χ0) is 10.0. The van der Waals surface area contributed by atoms with E-state index in [1.807, 2.05) is 30.3 Å². The molecular formula is C11H13F2N. The van der Waals surface area contributed by atoms with Crippen LogP contribution in [-0.2, 0) is 6.42 Å². The summed E-state index contributed by atoms with van der Waals surface area (Å²) >= 11 is 0. The van der Waals surface area contributed by atoms with Gasteiger partial charge in [0.1, 0.15) is 0 Å². The number of benzene rings is 1. The molecule has 1 unspecified atom stereocenters. The monoisotopic (exact) mass is 197 g/mol. The molecule has 14 heavy (non-hydrogen) atoms. The van der Waals surface area contributed by atoms with Crippen LogP contribution in [0.5, 0.6) is 0 Å². The Hall–Kier alpha value is -0.960. The van der Waals surface area contributed by atoms with Crippen LogP contribution in [0.2, 0.25) is 0 Å². The van der Waals surface area contributed by atoms with E-state index in [1.54, 1.807) is 0 Å². The van der Waals surface area contributed by atoms with Crippen LogP contribution in [0, 0.1) is 0 Å². The molecule has 0 bridgehead atoms. The molecular weight excluding hydrogens is 184 g/mol. The van der Waals surface area contributed by atoms with Crippen LogP contribution < -0.4 is 5.32 Å². The number of nitrogens with one attached hydrogen (secondary N) is 1. The van der Waals surface area contributed by atoms with E-state index in [-0.39, 0.29) is 6.42 Å². The molecule has 1 aliphatic heterocycles. The summed E-state index contributed by atoms with van der Waals surface area (Å²) in [5, 5.41) is 2.85. The molecule has 3 heteroatoms. The van der Waals surface area contributed by atoms with Crippen molar-refractivity contribution >= 4 is 0 Å². The second-order valence-electron chi connectivity index (χ2n) is 3.71. The highest BCUT2D eigenvalue weighted by molar-refractivity contribution is 5.17. The van der Waals surface area contributed by atoms with Gasteiger partial charge in [-0.1, -0.05) is 30.3 Å². The molecule has 1 aromatic rings. The van der Waals surface area contributed by atoms with Crippen molar-refractivity contribution in [1.29, 1.82) is 0 Å². The summed E-state index contributed by atoms with van der Waals surface area (Å²) in [4.78, 5) is 0. The highest BCUT2D eigenvalue weighted by Gasteiger charge is 2.43. The number of hydrogen-bond acceptors (Lipinski definition) is 1. The minimum atomic E-state index is -2.55. The number of rotatable bonds is 2. The minimum Gasteiger partial charge on any atom is -0.308 e. The molecule has 0 spiro atoms. The molecule has 1 fully saturated rings. The molecule has 1 N–H and O–H groups in total. The Balaban J connectivity index is 2.05. The number of alkyl halides is 2. The van der Waals surface area contributed by atoms with Gasteiger partial charge in [-0.05, 0) is 12.0 Å². The normalized spacial score (nSPS) is 25.1. The Morgan fingerprint density at radius 3 is 2.57 bits per heavy atom. The molecule has 1 aliphatic rings. The summed E-state index contributed by atoms with van der Waals surface area (Å²) in [6.07, 6.45) is 0.373. The first-order chi connectivity index (χ1) is 6.68. The van der Waals surface area contributed by atoms with Crippen molar-refractivity contribution in [2.24, 2.45) is 0 Å². The lowest BCUT2D eigenvalue weighted by molar-refractivity contribution is -0.0106. The van der Waals surface area contributed by atoms with Gasteiger partial charge in [0.15, 0.2) is 0 Å². The largest absolute Gasteiger partial charge is 0.308 e. The van der Waals surface area contributed by atoms with Gasteiger partial charge in [0.25, 0.3) is 5.92 Å². The molecule has 1 heterocycles. The predicted molar refractivity (Wildman–Crippen MR) is 51.5 cm³/mol. The molecule has 2 rings (SSSR count). The summed E-state index contributed by atoms with van der Waals surface area (Å²) in [5.41, 5.74) is 0.964. The molecule has 0 aromatic heterocycles. The highest BCUT2D eigenvalue weighted by Crippen LogP contribution is 2.29. The van der Waals surface area contributed by atoms with Crippen molar-refractivity contribution in [2.45, 2.75) is 24.8 Å². The molecule has 1 aromatic carbocycles. The first-order valence-electron chi connectivity index (χ1n) is 4.83. The van der Waals surface area contributed by atoms with Gasteiger partial charge in [0.2, 0.25) is 0 Å². The highest BCUT2D eigenvalue weighted by atomic mass is 19.3. The molecule has 0 aliphatic carbocycles. The first kappa shape index (κ1) is 9.59. The van der Waals surface area contributed by atoms with Gasteiger partial charge in [-0.3, -0.25) is 0 Å². The molecule has 0 radical (unpaired) electrons. The van der Waals surface area contributed by atoms with Crippen LogP contribution in [-0.4, -0.2) is 18.5 Å². The SMILES string of the molecule is FC1(F)CCNC1Cc1ccccc1. The summed E-state index contributed by atoms with van der Waals surface area (Å²) in [6.45, 7) is 0.421. The average molecular weight is 197 g/mol. The molecule has 76 valence electrons. The third-order valence-electron chi connectivity index (χ3n) is 2.64. The van der Waals surface area contributed by atoms with Crippen molar-refractivity contribution in [1.82, 2.24) is 5.32 Å². The third-order valence-corrected chi connectivity index (χ3v) is 2.64. The second-order valence-corrected chi connectivity index (χ2v) is 3.71. The predicted octanol–water partition coefficient (Wildman–Crippen LogP) is 2.23. The lowest BCUT2D eigenvalue weighted by Crippen LogP contribution is -2.37. The minimum absolute atomic E-state index is 0.0372. The van der Waals surface area contributed by atoms with Crippen molar-refractivity contribution in [2.75, 3.05) is 6.54 Å². The Bertz CT molecular complexity index is 297. The maximum atomic E-state index is 13.2. The molecule has 0 saturated carbocycles. The van der Waals surface area contributed by atoms with Gasteiger partial charge < -0.3 is 5.32 Å². The summed E-state index contributed by atoms with van der Waals surface area (Å²) in [7, 11) is 0. The Morgan fingerprint density at radius 2 is 2.00 bits per heavy atom. The fourth-order valence-electron chi connectivity index (χ4n) is 1.81. The van der Waals surface area contributed by atoms with Crippen LogP contribution in [0.3, 0.4) is 0 Å².